The molecule has 0 aliphatic carbocycles. The average Bonchev–Trinajstić information content (AvgIpc) is 2.86. The first-order valence-corrected chi connectivity index (χ1v) is 6.49. The van der Waals surface area contributed by atoms with Crippen LogP contribution in [0.1, 0.15) is 27.9 Å². The van der Waals surface area contributed by atoms with E-state index in [1.807, 2.05) is 22.6 Å². The summed E-state index contributed by atoms with van der Waals surface area (Å²) >= 11 is 2.00. The van der Waals surface area contributed by atoms with E-state index in [4.69, 9.17) is 10.2 Å². The van der Waals surface area contributed by atoms with Gasteiger partial charge in [0, 0.05) is 3.57 Å². The Balaban J connectivity index is 2.31. The Labute approximate surface area is 122 Å². The van der Waals surface area contributed by atoms with Crippen LogP contribution < -0.4 is 5.73 Å². The second-order valence-electron chi connectivity index (χ2n) is 3.84. The standard InChI is InChI=1S/C13H11FINO3/c1-18-13(17)11-5-4-10(19-11)12(16)8-3-2-7(14)6-9(8)15/h2-6,12H,16H2,1H3. The van der Waals surface area contributed by atoms with Crippen molar-refractivity contribution in [2.75, 3.05) is 7.11 Å². The highest BCUT2D eigenvalue weighted by atomic mass is 127. The van der Waals surface area contributed by atoms with Crippen molar-refractivity contribution in [2.24, 2.45) is 5.73 Å². The molecule has 100 valence electrons. The van der Waals surface area contributed by atoms with Crippen molar-refractivity contribution in [3.8, 4) is 0 Å². The monoisotopic (exact) mass is 375 g/mol. The highest BCUT2D eigenvalue weighted by Crippen LogP contribution is 2.26. The lowest BCUT2D eigenvalue weighted by molar-refractivity contribution is 0.0562. The molecule has 2 N–H and O–H groups in total. The molecule has 1 unspecified atom stereocenters. The summed E-state index contributed by atoms with van der Waals surface area (Å²) in [5, 5.41) is 0. The molecule has 6 heteroatoms. The lowest BCUT2D eigenvalue weighted by Crippen LogP contribution is -2.12. The molecule has 0 bridgehead atoms. The Morgan fingerprint density at radius 3 is 2.79 bits per heavy atom. The van der Waals surface area contributed by atoms with Crippen LogP contribution in [-0.2, 0) is 4.74 Å². The summed E-state index contributed by atoms with van der Waals surface area (Å²) in [5.74, 6) is -0.378. The van der Waals surface area contributed by atoms with Crippen LogP contribution >= 0.6 is 22.6 Å². The van der Waals surface area contributed by atoms with Crippen LogP contribution in [0.2, 0.25) is 0 Å². The number of hydrogen-bond donors (Lipinski definition) is 1. The molecule has 2 aromatic rings. The topological polar surface area (TPSA) is 65.5 Å². The van der Waals surface area contributed by atoms with Gasteiger partial charge < -0.3 is 14.9 Å². The average molecular weight is 375 g/mol. The summed E-state index contributed by atoms with van der Waals surface area (Å²) in [5.41, 5.74) is 6.78. The van der Waals surface area contributed by atoms with Crippen molar-refractivity contribution in [2.45, 2.75) is 6.04 Å². The molecule has 0 aliphatic heterocycles. The summed E-state index contributed by atoms with van der Waals surface area (Å²) < 4.78 is 23.6. The maximum Gasteiger partial charge on any atom is 0.373 e. The van der Waals surface area contributed by atoms with Gasteiger partial charge >= 0.3 is 5.97 Å². The summed E-state index contributed by atoms with van der Waals surface area (Å²) in [7, 11) is 1.27. The minimum atomic E-state index is -0.564. The summed E-state index contributed by atoms with van der Waals surface area (Å²) in [6.07, 6.45) is 0. The number of rotatable bonds is 3. The first-order chi connectivity index (χ1) is 9.02. The van der Waals surface area contributed by atoms with E-state index in [2.05, 4.69) is 4.74 Å². The van der Waals surface area contributed by atoms with Gasteiger partial charge in [-0.15, -0.1) is 0 Å². The SMILES string of the molecule is COC(=O)c1ccc(C(N)c2ccc(F)cc2I)o1. The number of esters is 1. The quantitative estimate of drug-likeness (QED) is 0.662. The van der Waals surface area contributed by atoms with Crippen LogP contribution in [-0.4, -0.2) is 13.1 Å². The molecule has 0 saturated heterocycles. The lowest BCUT2D eigenvalue weighted by Gasteiger charge is -2.11. The zero-order valence-corrected chi connectivity index (χ0v) is 12.2. The highest BCUT2D eigenvalue weighted by Gasteiger charge is 2.19. The Bertz CT molecular complexity index is 612. The molecule has 0 radical (unpaired) electrons. The fourth-order valence-corrected chi connectivity index (χ4v) is 2.45. The molecule has 1 aromatic heterocycles. The van der Waals surface area contributed by atoms with Crippen LogP contribution in [0.4, 0.5) is 4.39 Å². The molecule has 0 fully saturated rings. The van der Waals surface area contributed by atoms with Gasteiger partial charge in [-0.3, -0.25) is 0 Å². The van der Waals surface area contributed by atoms with Crippen LogP contribution in [0.5, 0.6) is 0 Å². The van der Waals surface area contributed by atoms with E-state index in [-0.39, 0.29) is 11.6 Å². The largest absolute Gasteiger partial charge is 0.463 e. The van der Waals surface area contributed by atoms with Crippen molar-refractivity contribution in [1.82, 2.24) is 0 Å². The zero-order valence-electron chi connectivity index (χ0n) is 10.0. The van der Waals surface area contributed by atoms with E-state index in [1.54, 1.807) is 12.1 Å². The number of hydrogen-bond acceptors (Lipinski definition) is 4. The molecular formula is C13H11FINO3. The highest BCUT2D eigenvalue weighted by molar-refractivity contribution is 14.1. The predicted molar refractivity (Wildman–Crippen MR) is 75.2 cm³/mol. The van der Waals surface area contributed by atoms with E-state index >= 15 is 0 Å². The molecule has 0 spiro atoms. The van der Waals surface area contributed by atoms with Gasteiger partial charge in [-0.1, -0.05) is 6.07 Å². The smallest absolute Gasteiger partial charge is 0.373 e. The van der Waals surface area contributed by atoms with Gasteiger partial charge in [0.2, 0.25) is 5.76 Å². The fraction of sp³-hybridized carbons (Fsp3) is 0.154. The van der Waals surface area contributed by atoms with Crippen LogP contribution in [0.25, 0.3) is 0 Å². The molecule has 1 heterocycles. The molecule has 0 amide bonds. The molecule has 0 aliphatic rings. The minimum Gasteiger partial charge on any atom is -0.463 e. The van der Waals surface area contributed by atoms with E-state index in [0.29, 0.717) is 9.33 Å². The number of nitrogens with two attached hydrogens (primary N) is 1. The van der Waals surface area contributed by atoms with Crippen molar-refractivity contribution in [3.05, 3.63) is 56.8 Å². The van der Waals surface area contributed by atoms with Crippen LogP contribution in [0, 0.1) is 9.39 Å². The second kappa shape index (κ2) is 5.70. The second-order valence-corrected chi connectivity index (χ2v) is 5.00. The zero-order chi connectivity index (χ0) is 14.0. The lowest BCUT2D eigenvalue weighted by atomic mass is 10.1. The van der Waals surface area contributed by atoms with E-state index in [1.165, 1.54) is 25.3 Å². The van der Waals surface area contributed by atoms with Gasteiger partial charge in [-0.25, -0.2) is 9.18 Å². The fourth-order valence-electron chi connectivity index (χ4n) is 1.64. The van der Waals surface area contributed by atoms with Gasteiger partial charge in [-0.2, -0.15) is 0 Å². The maximum atomic E-state index is 13.0. The van der Waals surface area contributed by atoms with Gasteiger partial charge in [0.1, 0.15) is 11.6 Å². The van der Waals surface area contributed by atoms with Crippen molar-refractivity contribution in [1.29, 1.82) is 0 Å². The number of halogens is 2. The van der Waals surface area contributed by atoms with E-state index < -0.39 is 12.0 Å². The minimum absolute atomic E-state index is 0.0880. The molecule has 4 nitrogen and oxygen atoms in total. The van der Waals surface area contributed by atoms with Crippen molar-refractivity contribution in [3.63, 3.8) is 0 Å². The van der Waals surface area contributed by atoms with E-state index in [9.17, 15) is 9.18 Å². The number of benzene rings is 1. The summed E-state index contributed by atoms with van der Waals surface area (Å²) in [6.45, 7) is 0. The Hall–Kier alpha value is -1.41. The molecule has 2 rings (SSSR count). The third kappa shape index (κ3) is 2.95. The normalized spacial score (nSPS) is 12.2. The van der Waals surface area contributed by atoms with Crippen LogP contribution in [0.15, 0.2) is 34.7 Å². The predicted octanol–water partition coefficient (Wildman–Crippen LogP) is 2.86. The Kier molecular flexibility index (Phi) is 4.20. The van der Waals surface area contributed by atoms with Gasteiger partial charge in [0.25, 0.3) is 0 Å². The van der Waals surface area contributed by atoms with Crippen molar-refractivity contribution >= 4 is 28.6 Å². The number of ether oxygens (including phenoxy) is 1. The van der Waals surface area contributed by atoms with Crippen molar-refractivity contribution < 1.29 is 18.3 Å². The van der Waals surface area contributed by atoms with Gasteiger partial charge in [-0.05, 0) is 52.4 Å². The molecule has 1 atom stereocenters. The Morgan fingerprint density at radius 2 is 2.16 bits per heavy atom. The number of methoxy groups -OCH3 is 1. The Morgan fingerprint density at radius 1 is 1.42 bits per heavy atom. The first-order valence-electron chi connectivity index (χ1n) is 5.41. The van der Waals surface area contributed by atoms with Gasteiger partial charge in [0.15, 0.2) is 0 Å². The number of furan rings is 1. The molecule has 1 aromatic carbocycles. The maximum absolute atomic E-state index is 13.0. The summed E-state index contributed by atoms with van der Waals surface area (Å²) in [6, 6.07) is 6.86. The molecule has 19 heavy (non-hydrogen) atoms. The summed E-state index contributed by atoms with van der Waals surface area (Å²) in [4.78, 5) is 11.3. The number of carbonyl (C=O) groups excluding carboxylic acids is 1. The third-order valence-electron chi connectivity index (χ3n) is 2.62. The molecule has 0 saturated carbocycles. The van der Waals surface area contributed by atoms with Gasteiger partial charge in [0.05, 0.1) is 13.2 Å². The third-order valence-corrected chi connectivity index (χ3v) is 3.55. The van der Waals surface area contributed by atoms with Crippen LogP contribution in [0.3, 0.4) is 0 Å². The number of carbonyl (C=O) groups is 1. The molecular weight excluding hydrogens is 364 g/mol. The van der Waals surface area contributed by atoms with E-state index in [0.717, 1.165) is 5.56 Å². The first kappa shape index (κ1) is 14.0.